The van der Waals surface area contributed by atoms with Gasteiger partial charge in [0, 0.05) is 29.3 Å². The number of unbranched alkanes of at least 4 members (excludes halogenated alkanes) is 3. The summed E-state index contributed by atoms with van der Waals surface area (Å²) in [5.74, 6) is 0. The number of ether oxygens (including phenoxy) is 1. The van der Waals surface area contributed by atoms with Crippen molar-refractivity contribution in [1.82, 2.24) is 0 Å². The molecule has 0 aromatic heterocycles. The lowest BCUT2D eigenvalue weighted by Gasteiger charge is -2.25. The molecule has 2 aromatic carbocycles. The van der Waals surface area contributed by atoms with Crippen molar-refractivity contribution in [3.63, 3.8) is 0 Å². The maximum absolute atomic E-state index is 11.1. The molecule has 1 N–H and O–H groups in total. The Kier molecular flexibility index (Phi) is 7.28. The Labute approximate surface area is 143 Å². The van der Waals surface area contributed by atoms with Crippen LogP contribution in [0.3, 0.4) is 0 Å². The van der Waals surface area contributed by atoms with Crippen molar-refractivity contribution < 1.29 is 9.84 Å². The zero-order valence-corrected chi connectivity index (χ0v) is 13.7. The summed E-state index contributed by atoms with van der Waals surface area (Å²) in [4.78, 5) is 0. The molecule has 126 valence electrons. The van der Waals surface area contributed by atoms with Gasteiger partial charge in [0.15, 0.2) is 0 Å². The average Bonchev–Trinajstić information content (AvgIpc) is 2.65. The highest BCUT2D eigenvalue weighted by Crippen LogP contribution is 2.33. The van der Waals surface area contributed by atoms with Gasteiger partial charge < -0.3 is 15.1 Å². The van der Waals surface area contributed by atoms with Crippen molar-refractivity contribution in [3.8, 4) is 6.07 Å². The predicted molar refractivity (Wildman–Crippen MR) is 95.8 cm³/mol. The molecule has 0 saturated carbocycles. The summed E-state index contributed by atoms with van der Waals surface area (Å²) in [5.41, 5.74) is 0.554. The first kappa shape index (κ1) is 18.0. The van der Waals surface area contributed by atoms with Gasteiger partial charge in [-0.25, -0.2) is 0 Å². The van der Waals surface area contributed by atoms with Crippen LogP contribution in [-0.4, -0.2) is 18.3 Å². The van der Waals surface area contributed by atoms with Crippen LogP contribution in [0.15, 0.2) is 60.7 Å². The van der Waals surface area contributed by atoms with Gasteiger partial charge in [-0.3, -0.25) is 0 Å². The summed E-state index contributed by atoms with van der Waals surface area (Å²) in [6.07, 6.45) is 3.58. The fourth-order valence-electron chi connectivity index (χ4n) is 2.70. The molecule has 0 amide bonds. The van der Waals surface area contributed by atoms with Gasteiger partial charge in [-0.15, -0.1) is 0 Å². The molecular weight excluding hydrogens is 302 g/mol. The number of hydrogen-bond acceptors (Lipinski definition) is 3. The monoisotopic (exact) mass is 325 g/mol. The number of aliphatic hydroxyl groups excluding tert-OH is 1. The van der Waals surface area contributed by atoms with E-state index in [1.165, 1.54) is 0 Å². The first-order chi connectivity index (χ1) is 11.8. The minimum atomic E-state index is -1.10. The molecule has 2 aromatic rings. The van der Waals surface area contributed by atoms with Crippen LogP contribution < -0.4 is 0 Å². The van der Waals surface area contributed by atoms with Crippen LogP contribution in [0.4, 0.5) is 0 Å². The van der Waals surface area contributed by atoms with E-state index in [1.54, 1.807) is 0 Å². The third-order valence-electron chi connectivity index (χ3n) is 3.93. The number of benzene rings is 2. The second kappa shape index (κ2) is 9.71. The van der Waals surface area contributed by atoms with Gasteiger partial charge in [-0.05, 0) is 12.8 Å². The Balaban J connectivity index is 2.24. The molecule has 0 aliphatic heterocycles. The normalized spacial score (nSPS) is 10.9. The molecule has 0 heterocycles. The second-order valence-electron chi connectivity index (χ2n) is 5.60. The van der Waals surface area contributed by atoms with Crippen LogP contribution in [0.2, 0.25) is 0 Å². The van der Waals surface area contributed by atoms with E-state index >= 15 is 0 Å². The highest BCUT2D eigenvalue weighted by Gasteiger charge is 2.40. The standard InChI is InChI=1S/C20H23NO3/c22-15-9-1-2-10-16-24-20(17-21-23,18-11-5-3-6-12-18)19-13-7-4-8-14-19/h3-8,11-14,22H,1-2,9-10,15-16H2. The van der Waals surface area contributed by atoms with Crippen molar-refractivity contribution in [1.29, 1.82) is 0 Å². The van der Waals surface area contributed by atoms with Gasteiger partial charge in [0.05, 0.1) is 0 Å². The molecule has 4 heteroatoms. The van der Waals surface area contributed by atoms with E-state index in [9.17, 15) is 5.21 Å². The maximum Gasteiger partial charge on any atom is 0.344 e. The van der Waals surface area contributed by atoms with Gasteiger partial charge in [-0.1, -0.05) is 73.5 Å². The van der Waals surface area contributed by atoms with Crippen LogP contribution >= 0.6 is 0 Å². The van der Waals surface area contributed by atoms with Crippen molar-refractivity contribution in [2.45, 2.75) is 31.3 Å². The molecule has 0 radical (unpaired) electrons. The topological polar surface area (TPSA) is 56.9 Å². The molecule has 0 unspecified atom stereocenters. The van der Waals surface area contributed by atoms with Crippen LogP contribution in [0.5, 0.6) is 0 Å². The third-order valence-corrected chi connectivity index (χ3v) is 3.93. The first-order valence-electron chi connectivity index (χ1n) is 8.29. The van der Waals surface area contributed by atoms with E-state index in [-0.39, 0.29) is 6.61 Å². The van der Waals surface area contributed by atoms with Gasteiger partial charge >= 0.3 is 6.07 Å². The molecule has 0 saturated heterocycles. The number of rotatable bonds is 9. The van der Waals surface area contributed by atoms with Crippen LogP contribution in [-0.2, 0) is 10.3 Å². The van der Waals surface area contributed by atoms with E-state index < -0.39 is 5.60 Å². The van der Waals surface area contributed by atoms with E-state index in [4.69, 9.17) is 9.84 Å². The fourth-order valence-corrected chi connectivity index (χ4v) is 2.70. The minimum absolute atomic E-state index is 0.218. The lowest BCUT2D eigenvalue weighted by atomic mass is 9.87. The van der Waals surface area contributed by atoms with Crippen LogP contribution in [0, 0.1) is 11.3 Å². The smallest absolute Gasteiger partial charge is 0.344 e. The Morgan fingerprint density at radius 1 is 0.875 bits per heavy atom. The summed E-state index contributed by atoms with van der Waals surface area (Å²) in [6.45, 7) is 0.702. The molecule has 24 heavy (non-hydrogen) atoms. The van der Waals surface area contributed by atoms with Gasteiger partial charge in [0.25, 0.3) is 5.60 Å². The van der Waals surface area contributed by atoms with Gasteiger partial charge in [0.2, 0.25) is 0 Å². The van der Waals surface area contributed by atoms with Crippen molar-refractivity contribution in [3.05, 3.63) is 82.0 Å². The van der Waals surface area contributed by atoms with E-state index in [0.717, 1.165) is 36.8 Å². The Hall–Kier alpha value is -2.35. The van der Waals surface area contributed by atoms with Crippen LogP contribution in [0.1, 0.15) is 36.8 Å². The Bertz CT molecular complexity index is 607. The third kappa shape index (κ3) is 4.58. The summed E-state index contributed by atoms with van der Waals surface area (Å²) in [7, 11) is 0. The van der Waals surface area contributed by atoms with E-state index in [1.807, 2.05) is 60.7 Å². The zero-order chi connectivity index (χ0) is 17.1. The molecule has 2 rings (SSSR count). The van der Waals surface area contributed by atoms with Crippen molar-refractivity contribution in [2.24, 2.45) is 0 Å². The lowest BCUT2D eigenvalue weighted by Crippen LogP contribution is -2.30. The molecule has 0 aliphatic carbocycles. The lowest BCUT2D eigenvalue weighted by molar-refractivity contribution is 0.0236. The first-order valence-corrected chi connectivity index (χ1v) is 8.29. The molecule has 0 spiro atoms. The van der Waals surface area contributed by atoms with Gasteiger partial charge in [0.1, 0.15) is 0 Å². The van der Waals surface area contributed by atoms with E-state index in [2.05, 4.69) is 11.1 Å². The highest BCUT2D eigenvalue weighted by molar-refractivity contribution is 5.43. The predicted octanol–water partition coefficient (Wildman–Crippen LogP) is 4.33. The fraction of sp³-hybridized carbons (Fsp3) is 0.350. The molecule has 0 atom stereocenters. The quantitative estimate of drug-likeness (QED) is 0.551. The molecular formula is C20H23NO3. The molecule has 0 aliphatic rings. The largest absolute Gasteiger partial charge is 0.498 e. The summed E-state index contributed by atoms with van der Waals surface area (Å²) in [6, 6.07) is 21.8. The summed E-state index contributed by atoms with van der Waals surface area (Å²) >= 11 is 0. The maximum atomic E-state index is 11.1. The summed E-state index contributed by atoms with van der Waals surface area (Å²) in [5, 5.41) is 22.8. The number of aliphatic hydroxyl groups is 1. The highest BCUT2D eigenvalue weighted by atomic mass is 16.5. The van der Waals surface area contributed by atoms with Gasteiger partial charge in [-0.2, -0.15) is 0 Å². The van der Waals surface area contributed by atoms with Crippen LogP contribution in [0.25, 0.3) is 5.01 Å². The van der Waals surface area contributed by atoms with Crippen molar-refractivity contribution in [2.75, 3.05) is 13.2 Å². The summed E-state index contributed by atoms with van der Waals surface area (Å²) < 4.78 is 6.16. The zero-order valence-electron chi connectivity index (χ0n) is 13.7. The molecule has 4 nitrogen and oxygen atoms in total. The Morgan fingerprint density at radius 3 is 1.92 bits per heavy atom. The van der Waals surface area contributed by atoms with Crippen molar-refractivity contribution >= 4 is 0 Å². The number of nitrogens with zero attached hydrogens (tertiary/aromatic N) is 1. The Morgan fingerprint density at radius 2 is 1.42 bits per heavy atom. The minimum Gasteiger partial charge on any atom is -0.498 e. The number of hydrogen-bond donors (Lipinski definition) is 1. The second-order valence-corrected chi connectivity index (χ2v) is 5.60. The average molecular weight is 325 g/mol. The SMILES string of the molecule is [O-][N+]#CC(OCCCCCCO)(c1ccccc1)c1ccccc1. The van der Waals surface area contributed by atoms with E-state index in [0.29, 0.717) is 6.61 Å². The molecule has 0 bridgehead atoms. The molecule has 0 fully saturated rings.